The average Bonchev–Trinajstić information content (AvgIpc) is 2.56. The van der Waals surface area contributed by atoms with Gasteiger partial charge in [0.15, 0.2) is 5.78 Å². The first-order valence-electron chi connectivity index (χ1n) is 7.07. The molecule has 0 radical (unpaired) electrons. The Labute approximate surface area is 135 Å². The van der Waals surface area contributed by atoms with Crippen LogP contribution in [0.3, 0.4) is 0 Å². The number of nitrogens with one attached hydrogen (secondary N) is 2. The van der Waals surface area contributed by atoms with Gasteiger partial charge in [0.05, 0.1) is 7.11 Å². The molecule has 0 aliphatic heterocycles. The average molecular weight is 310 g/mol. The van der Waals surface area contributed by atoms with Gasteiger partial charge in [-0.3, -0.25) is 9.59 Å². The van der Waals surface area contributed by atoms with Gasteiger partial charge >= 0.3 is 0 Å². The number of carbonyl (C=O) groups is 2. The lowest BCUT2D eigenvalue weighted by atomic mass is 10.1. The van der Waals surface area contributed by atoms with Gasteiger partial charge in [-0.05, 0) is 48.5 Å². The van der Waals surface area contributed by atoms with Crippen molar-refractivity contribution in [3.05, 3.63) is 66.4 Å². The lowest BCUT2D eigenvalue weighted by Gasteiger charge is -2.04. The van der Waals surface area contributed by atoms with E-state index in [0.717, 1.165) is 11.4 Å². The summed E-state index contributed by atoms with van der Waals surface area (Å²) in [5.41, 5.74) is 2.13. The Morgan fingerprint density at radius 3 is 2.13 bits per heavy atom. The monoisotopic (exact) mass is 310 g/mol. The first-order valence-corrected chi connectivity index (χ1v) is 7.07. The molecule has 0 unspecified atom stereocenters. The summed E-state index contributed by atoms with van der Waals surface area (Å²) in [7, 11) is 1.58. The minimum Gasteiger partial charge on any atom is -0.497 e. The molecule has 1 amide bonds. The van der Waals surface area contributed by atoms with E-state index in [9.17, 15) is 9.59 Å². The maximum atomic E-state index is 12.0. The summed E-state index contributed by atoms with van der Waals surface area (Å²) >= 11 is 0. The molecular weight excluding hydrogens is 292 g/mol. The van der Waals surface area contributed by atoms with E-state index in [1.807, 2.05) is 12.1 Å². The molecule has 23 heavy (non-hydrogen) atoms. The third-order valence-corrected chi connectivity index (χ3v) is 3.06. The predicted molar refractivity (Wildman–Crippen MR) is 90.8 cm³/mol. The SMILES string of the molecule is COc1ccc(C(=O)/C=C/Nc2ccc(NC(C)=O)cc2)cc1. The molecule has 0 heterocycles. The van der Waals surface area contributed by atoms with Crippen molar-refractivity contribution in [2.24, 2.45) is 0 Å². The number of hydrogen-bond donors (Lipinski definition) is 2. The summed E-state index contributed by atoms with van der Waals surface area (Å²) in [4.78, 5) is 22.9. The van der Waals surface area contributed by atoms with Gasteiger partial charge in [-0.2, -0.15) is 0 Å². The molecule has 0 fully saturated rings. The predicted octanol–water partition coefficient (Wildman–Crippen LogP) is 3.46. The van der Waals surface area contributed by atoms with E-state index in [2.05, 4.69) is 10.6 Å². The second-order valence-corrected chi connectivity index (χ2v) is 4.83. The lowest BCUT2D eigenvalue weighted by Crippen LogP contribution is -2.05. The fourth-order valence-corrected chi connectivity index (χ4v) is 1.92. The Balaban J connectivity index is 1.92. The number of benzene rings is 2. The van der Waals surface area contributed by atoms with E-state index in [1.165, 1.54) is 13.0 Å². The summed E-state index contributed by atoms with van der Waals surface area (Å²) in [5.74, 6) is 0.494. The lowest BCUT2D eigenvalue weighted by molar-refractivity contribution is -0.114. The summed E-state index contributed by atoms with van der Waals surface area (Å²) in [6, 6.07) is 14.1. The maximum absolute atomic E-state index is 12.0. The number of hydrogen-bond acceptors (Lipinski definition) is 4. The standard InChI is InChI=1S/C18H18N2O3/c1-13(21)20-16-7-5-15(6-8-16)19-12-11-18(22)14-3-9-17(23-2)10-4-14/h3-12,19H,1-2H3,(H,20,21)/b12-11+. The summed E-state index contributed by atoms with van der Waals surface area (Å²) in [5, 5.41) is 5.70. The molecule has 2 aromatic rings. The summed E-state index contributed by atoms with van der Waals surface area (Å²) in [6.07, 6.45) is 3.05. The van der Waals surface area contributed by atoms with E-state index >= 15 is 0 Å². The van der Waals surface area contributed by atoms with Gasteiger partial charge < -0.3 is 15.4 Å². The molecule has 0 bridgehead atoms. The van der Waals surface area contributed by atoms with Gasteiger partial charge in [0.1, 0.15) is 5.75 Å². The van der Waals surface area contributed by atoms with Crippen LogP contribution < -0.4 is 15.4 Å². The van der Waals surface area contributed by atoms with Crippen LogP contribution >= 0.6 is 0 Å². The minimum atomic E-state index is -0.115. The zero-order valence-corrected chi connectivity index (χ0v) is 13.0. The van der Waals surface area contributed by atoms with Gasteiger partial charge in [-0.1, -0.05) is 0 Å². The van der Waals surface area contributed by atoms with E-state index < -0.39 is 0 Å². The largest absolute Gasteiger partial charge is 0.497 e. The highest BCUT2D eigenvalue weighted by Gasteiger charge is 2.01. The molecule has 118 valence electrons. The van der Waals surface area contributed by atoms with E-state index in [4.69, 9.17) is 4.74 Å². The number of anilines is 2. The number of ether oxygens (including phenoxy) is 1. The maximum Gasteiger partial charge on any atom is 0.221 e. The van der Waals surface area contributed by atoms with E-state index in [1.54, 1.807) is 49.7 Å². The van der Waals surface area contributed by atoms with Crippen LogP contribution in [0.5, 0.6) is 5.75 Å². The van der Waals surface area contributed by atoms with E-state index in [-0.39, 0.29) is 11.7 Å². The Kier molecular flexibility index (Phi) is 5.52. The summed E-state index contributed by atoms with van der Waals surface area (Å²) in [6.45, 7) is 1.46. The molecule has 5 nitrogen and oxygen atoms in total. The molecule has 0 saturated heterocycles. The van der Waals surface area contributed by atoms with Crippen LogP contribution in [0, 0.1) is 0 Å². The Morgan fingerprint density at radius 1 is 0.957 bits per heavy atom. The fourth-order valence-electron chi connectivity index (χ4n) is 1.92. The molecule has 0 saturated carbocycles. The second kappa shape index (κ2) is 7.79. The van der Waals surface area contributed by atoms with Crippen molar-refractivity contribution in [3.8, 4) is 5.75 Å². The molecule has 2 aromatic carbocycles. The highest BCUT2D eigenvalue weighted by atomic mass is 16.5. The van der Waals surface area contributed by atoms with Crippen LogP contribution in [0.15, 0.2) is 60.8 Å². The third kappa shape index (κ3) is 5.00. The molecule has 2 N–H and O–H groups in total. The number of allylic oxidation sites excluding steroid dienone is 1. The first kappa shape index (κ1) is 16.3. The van der Waals surface area contributed by atoms with Crippen LogP contribution in [-0.4, -0.2) is 18.8 Å². The Morgan fingerprint density at radius 2 is 1.57 bits per heavy atom. The van der Waals surface area contributed by atoms with Crippen molar-refractivity contribution in [1.29, 1.82) is 0 Å². The summed E-state index contributed by atoms with van der Waals surface area (Å²) < 4.78 is 5.05. The van der Waals surface area contributed by atoms with Crippen molar-refractivity contribution in [1.82, 2.24) is 0 Å². The highest BCUT2D eigenvalue weighted by Crippen LogP contribution is 2.14. The second-order valence-electron chi connectivity index (χ2n) is 4.83. The van der Waals surface area contributed by atoms with Crippen molar-refractivity contribution in [2.75, 3.05) is 17.7 Å². The number of methoxy groups -OCH3 is 1. The number of rotatable bonds is 6. The number of carbonyl (C=O) groups excluding carboxylic acids is 2. The molecule has 0 aromatic heterocycles. The molecule has 0 spiro atoms. The van der Waals surface area contributed by atoms with E-state index in [0.29, 0.717) is 11.3 Å². The van der Waals surface area contributed by atoms with Crippen molar-refractivity contribution in [2.45, 2.75) is 6.92 Å². The van der Waals surface area contributed by atoms with Gasteiger partial charge in [0.2, 0.25) is 5.91 Å². The topological polar surface area (TPSA) is 67.4 Å². The van der Waals surface area contributed by atoms with Crippen LogP contribution in [0.1, 0.15) is 17.3 Å². The fraction of sp³-hybridized carbons (Fsp3) is 0.111. The number of amides is 1. The van der Waals surface area contributed by atoms with Crippen molar-refractivity contribution in [3.63, 3.8) is 0 Å². The van der Waals surface area contributed by atoms with Gasteiger partial charge in [-0.15, -0.1) is 0 Å². The molecule has 5 heteroatoms. The smallest absolute Gasteiger partial charge is 0.221 e. The highest BCUT2D eigenvalue weighted by molar-refractivity contribution is 6.04. The van der Waals surface area contributed by atoms with Gasteiger partial charge in [0.25, 0.3) is 0 Å². The van der Waals surface area contributed by atoms with Crippen molar-refractivity contribution >= 4 is 23.1 Å². The zero-order valence-electron chi connectivity index (χ0n) is 13.0. The Bertz CT molecular complexity index is 704. The molecule has 0 atom stereocenters. The van der Waals surface area contributed by atoms with Gasteiger partial charge in [0, 0.05) is 36.1 Å². The molecule has 0 aliphatic rings. The van der Waals surface area contributed by atoms with Crippen LogP contribution in [0.2, 0.25) is 0 Å². The normalized spacial score (nSPS) is 10.3. The minimum absolute atomic E-state index is 0.102. The van der Waals surface area contributed by atoms with Crippen molar-refractivity contribution < 1.29 is 14.3 Å². The first-order chi connectivity index (χ1) is 11.1. The third-order valence-electron chi connectivity index (χ3n) is 3.06. The molecular formula is C18H18N2O3. The van der Waals surface area contributed by atoms with Crippen LogP contribution in [0.25, 0.3) is 0 Å². The molecule has 0 aliphatic carbocycles. The van der Waals surface area contributed by atoms with Crippen LogP contribution in [0.4, 0.5) is 11.4 Å². The molecule has 2 rings (SSSR count). The Hall–Kier alpha value is -3.08. The zero-order chi connectivity index (χ0) is 16.7. The van der Waals surface area contributed by atoms with Crippen LogP contribution in [-0.2, 0) is 4.79 Å². The quantitative estimate of drug-likeness (QED) is 0.633. The number of ketones is 1. The van der Waals surface area contributed by atoms with Gasteiger partial charge in [-0.25, -0.2) is 0 Å².